The predicted octanol–water partition coefficient (Wildman–Crippen LogP) is 3.71. The minimum atomic E-state index is -0.169. The third-order valence-electron chi connectivity index (χ3n) is 4.73. The second-order valence-electron chi connectivity index (χ2n) is 6.29. The van der Waals surface area contributed by atoms with Gasteiger partial charge in [-0.2, -0.15) is 0 Å². The standard InChI is InChI=1S/C19H19ClN2OS/c20-14-5-6-18-15(10-14)16(7-8-24-18)22-19(23)17-9-12-3-1-2-4-13(12)11-21-17/h1-6,10,16-17,21H,7-9,11H2,(H,22,23). The molecule has 2 aliphatic rings. The van der Waals surface area contributed by atoms with Crippen LogP contribution in [0.1, 0.15) is 29.2 Å². The largest absolute Gasteiger partial charge is 0.348 e. The molecular formula is C19H19ClN2OS. The molecule has 2 unspecified atom stereocenters. The number of fused-ring (bicyclic) bond motifs is 2. The minimum Gasteiger partial charge on any atom is -0.348 e. The topological polar surface area (TPSA) is 41.1 Å². The number of thioether (sulfide) groups is 1. The van der Waals surface area contributed by atoms with Crippen LogP contribution in [0.3, 0.4) is 0 Å². The van der Waals surface area contributed by atoms with Crippen molar-refractivity contribution in [1.82, 2.24) is 10.6 Å². The summed E-state index contributed by atoms with van der Waals surface area (Å²) in [5.41, 5.74) is 3.69. The maximum Gasteiger partial charge on any atom is 0.237 e. The van der Waals surface area contributed by atoms with Crippen LogP contribution < -0.4 is 10.6 Å². The lowest BCUT2D eigenvalue weighted by molar-refractivity contribution is -0.124. The highest BCUT2D eigenvalue weighted by Gasteiger charge is 2.28. The quantitative estimate of drug-likeness (QED) is 0.859. The second-order valence-corrected chi connectivity index (χ2v) is 7.86. The van der Waals surface area contributed by atoms with Crippen LogP contribution in [0.4, 0.5) is 0 Å². The molecule has 0 spiro atoms. The molecule has 0 fully saturated rings. The highest BCUT2D eigenvalue weighted by atomic mass is 35.5. The first kappa shape index (κ1) is 16.0. The van der Waals surface area contributed by atoms with Crippen molar-refractivity contribution in [3.8, 4) is 0 Å². The Morgan fingerprint density at radius 3 is 2.92 bits per heavy atom. The average Bonchev–Trinajstić information content (AvgIpc) is 2.62. The first-order valence-corrected chi connectivity index (χ1v) is 9.60. The van der Waals surface area contributed by atoms with Gasteiger partial charge >= 0.3 is 0 Å². The molecule has 2 atom stereocenters. The Labute approximate surface area is 151 Å². The molecule has 0 saturated carbocycles. The summed E-state index contributed by atoms with van der Waals surface area (Å²) in [6.45, 7) is 0.747. The maximum absolute atomic E-state index is 12.8. The number of benzene rings is 2. The Bertz CT molecular complexity index is 780. The summed E-state index contributed by atoms with van der Waals surface area (Å²) < 4.78 is 0. The molecule has 2 aliphatic heterocycles. The van der Waals surface area contributed by atoms with Gasteiger partial charge in [0.2, 0.25) is 5.91 Å². The molecule has 2 aromatic carbocycles. The second kappa shape index (κ2) is 6.79. The summed E-state index contributed by atoms with van der Waals surface area (Å²) in [4.78, 5) is 14.0. The van der Waals surface area contributed by atoms with Crippen molar-refractivity contribution in [3.05, 3.63) is 64.2 Å². The molecule has 24 heavy (non-hydrogen) atoms. The Hall–Kier alpha value is -1.49. The van der Waals surface area contributed by atoms with Crippen LogP contribution in [0.25, 0.3) is 0 Å². The lowest BCUT2D eigenvalue weighted by Crippen LogP contribution is -2.48. The van der Waals surface area contributed by atoms with E-state index in [1.807, 2.05) is 36.0 Å². The van der Waals surface area contributed by atoms with E-state index < -0.39 is 0 Å². The molecule has 3 nitrogen and oxygen atoms in total. The van der Waals surface area contributed by atoms with E-state index in [-0.39, 0.29) is 18.0 Å². The van der Waals surface area contributed by atoms with Crippen molar-refractivity contribution in [3.63, 3.8) is 0 Å². The molecular weight excluding hydrogens is 340 g/mol. The third-order valence-corrected chi connectivity index (χ3v) is 6.08. The molecule has 1 amide bonds. The summed E-state index contributed by atoms with van der Waals surface area (Å²) in [5.74, 6) is 1.09. The molecule has 0 radical (unpaired) electrons. The monoisotopic (exact) mass is 358 g/mol. The van der Waals surface area contributed by atoms with E-state index in [1.165, 1.54) is 16.0 Å². The van der Waals surface area contributed by atoms with E-state index in [2.05, 4.69) is 28.8 Å². The molecule has 0 saturated heterocycles. The van der Waals surface area contributed by atoms with Crippen LogP contribution in [0, 0.1) is 0 Å². The smallest absolute Gasteiger partial charge is 0.237 e. The number of carbonyl (C=O) groups is 1. The van der Waals surface area contributed by atoms with E-state index in [1.54, 1.807) is 0 Å². The number of hydrogen-bond donors (Lipinski definition) is 2. The molecule has 0 bridgehead atoms. The number of amides is 1. The molecule has 2 aromatic rings. The summed E-state index contributed by atoms with van der Waals surface area (Å²) in [6.07, 6.45) is 1.68. The zero-order valence-corrected chi connectivity index (χ0v) is 14.8. The average molecular weight is 359 g/mol. The number of halogens is 1. The molecule has 2 heterocycles. The van der Waals surface area contributed by atoms with Crippen molar-refractivity contribution >= 4 is 29.3 Å². The van der Waals surface area contributed by atoms with Crippen LogP contribution >= 0.6 is 23.4 Å². The number of rotatable bonds is 2. The molecule has 4 rings (SSSR count). The van der Waals surface area contributed by atoms with E-state index in [0.717, 1.165) is 35.7 Å². The predicted molar refractivity (Wildman–Crippen MR) is 98.5 cm³/mol. The van der Waals surface area contributed by atoms with E-state index in [4.69, 9.17) is 11.6 Å². The summed E-state index contributed by atoms with van der Waals surface area (Å²) >= 11 is 7.98. The van der Waals surface area contributed by atoms with E-state index in [9.17, 15) is 4.79 Å². The van der Waals surface area contributed by atoms with Gasteiger partial charge in [0.15, 0.2) is 0 Å². The fourth-order valence-electron chi connectivity index (χ4n) is 3.43. The van der Waals surface area contributed by atoms with Gasteiger partial charge in [0.1, 0.15) is 0 Å². The van der Waals surface area contributed by atoms with Crippen LogP contribution in [-0.2, 0) is 17.8 Å². The van der Waals surface area contributed by atoms with Gasteiger partial charge in [0, 0.05) is 22.2 Å². The lowest BCUT2D eigenvalue weighted by Gasteiger charge is -2.30. The van der Waals surface area contributed by atoms with Crippen LogP contribution in [0.2, 0.25) is 5.02 Å². The third kappa shape index (κ3) is 3.18. The highest BCUT2D eigenvalue weighted by Crippen LogP contribution is 2.37. The van der Waals surface area contributed by atoms with Crippen molar-refractivity contribution in [2.45, 2.75) is 36.4 Å². The van der Waals surface area contributed by atoms with Gasteiger partial charge < -0.3 is 10.6 Å². The van der Waals surface area contributed by atoms with Crippen molar-refractivity contribution < 1.29 is 4.79 Å². The molecule has 2 N–H and O–H groups in total. The first-order valence-electron chi connectivity index (χ1n) is 8.23. The van der Waals surface area contributed by atoms with Gasteiger partial charge in [-0.05, 0) is 47.7 Å². The Morgan fingerprint density at radius 2 is 2.04 bits per heavy atom. The van der Waals surface area contributed by atoms with Crippen LogP contribution in [-0.4, -0.2) is 17.7 Å². The first-order chi connectivity index (χ1) is 11.7. The van der Waals surface area contributed by atoms with Gasteiger partial charge in [-0.1, -0.05) is 35.9 Å². The molecule has 5 heteroatoms. The number of nitrogens with one attached hydrogen (secondary N) is 2. The summed E-state index contributed by atoms with van der Waals surface area (Å²) in [6, 6.07) is 14.1. The number of hydrogen-bond acceptors (Lipinski definition) is 3. The molecule has 0 aliphatic carbocycles. The zero-order chi connectivity index (χ0) is 16.5. The zero-order valence-electron chi connectivity index (χ0n) is 13.2. The van der Waals surface area contributed by atoms with Crippen LogP contribution in [0.15, 0.2) is 47.4 Å². The Kier molecular flexibility index (Phi) is 4.53. The highest BCUT2D eigenvalue weighted by molar-refractivity contribution is 7.99. The van der Waals surface area contributed by atoms with Crippen LogP contribution in [0.5, 0.6) is 0 Å². The summed E-state index contributed by atoms with van der Waals surface area (Å²) in [5, 5.41) is 7.31. The van der Waals surface area contributed by atoms with Gasteiger partial charge in [-0.15, -0.1) is 11.8 Å². The van der Waals surface area contributed by atoms with Gasteiger partial charge in [0.05, 0.1) is 12.1 Å². The lowest BCUT2D eigenvalue weighted by atomic mass is 9.95. The Balaban J connectivity index is 1.49. The molecule has 0 aromatic heterocycles. The van der Waals surface area contributed by atoms with Gasteiger partial charge in [-0.3, -0.25) is 4.79 Å². The molecule has 124 valence electrons. The fourth-order valence-corrected chi connectivity index (χ4v) is 4.71. The minimum absolute atomic E-state index is 0.0476. The SMILES string of the molecule is O=C(NC1CCSc2ccc(Cl)cc21)C1Cc2ccccc2CN1. The normalized spacial score (nSPS) is 22.4. The maximum atomic E-state index is 12.8. The van der Waals surface area contributed by atoms with E-state index >= 15 is 0 Å². The summed E-state index contributed by atoms with van der Waals surface area (Å²) in [7, 11) is 0. The Morgan fingerprint density at radius 1 is 1.21 bits per heavy atom. The van der Waals surface area contributed by atoms with E-state index in [0.29, 0.717) is 0 Å². The number of carbonyl (C=O) groups excluding carboxylic acids is 1. The van der Waals surface area contributed by atoms with Gasteiger partial charge in [-0.25, -0.2) is 0 Å². The fraction of sp³-hybridized carbons (Fsp3) is 0.316. The van der Waals surface area contributed by atoms with Gasteiger partial charge in [0.25, 0.3) is 0 Å². The van der Waals surface area contributed by atoms with Crippen molar-refractivity contribution in [1.29, 1.82) is 0 Å². The van der Waals surface area contributed by atoms with Crippen molar-refractivity contribution in [2.24, 2.45) is 0 Å². The van der Waals surface area contributed by atoms with Crippen molar-refractivity contribution in [2.75, 3.05) is 5.75 Å².